The normalized spacial score (nSPS) is 15.0. The number of hydrogen-bond donors (Lipinski definition) is 2. The molecule has 0 aliphatic heterocycles. The Morgan fingerprint density at radius 3 is 2.10 bits per heavy atom. The maximum Gasteiger partial charge on any atom is 0.408 e. The second kappa shape index (κ2) is 9.43. The number of aliphatic carboxylic acids is 1. The van der Waals surface area contributed by atoms with E-state index < -0.39 is 29.6 Å². The van der Waals surface area contributed by atoms with E-state index in [2.05, 4.69) is 5.32 Å². The van der Waals surface area contributed by atoms with Gasteiger partial charge in [-0.2, -0.15) is 0 Å². The summed E-state index contributed by atoms with van der Waals surface area (Å²) in [7, 11) is 0. The minimum atomic E-state index is -1.11. The lowest BCUT2D eigenvalue weighted by atomic mass is 10.1. The van der Waals surface area contributed by atoms with E-state index in [4.69, 9.17) is 4.74 Å². The van der Waals surface area contributed by atoms with Crippen LogP contribution in [0.3, 0.4) is 0 Å². The quantitative estimate of drug-likeness (QED) is 0.661. The zero-order valence-electron chi connectivity index (χ0n) is 16.9. The first kappa shape index (κ1) is 21.4. The molecule has 0 bridgehead atoms. The molecular weight excluding hydrogens is 384 g/mol. The van der Waals surface area contributed by atoms with Crippen molar-refractivity contribution in [2.75, 3.05) is 0 Å². The number of alkyl carbamates (subject to hydrolysis) is 1. The average Bonchev–Trinajstić information content (AvgIpc) is 3.53. The summed E-state index contributed by atoms with van der Waals surface area (Å²) in [4.78, 5) is 38.8. The number of rotatable bonds is 9. The van der Waals surface area contributed by atoms with Gasteiger partial charge in [0.25, 0.3) is 0 Å². The Kier molecular flexibility index (Phi) is 6.72. The Bertz CT molecular complexity index is 881. The molecule has 0 saturated heterocycles. The molecule has 7 heteroatoms. The molecule has 2 aromatic carbocycles. The lowest BCUT2D eigenvalue weighted by Crippen LogP contribution is -2.55. The molecule has 1 atom stereocenters. The molecule has 1 fully saturated rings. The van der Waals surface area contributed by atoms with Crippen LogP contribution in [-0.2, 0) is 27.5 Å². The van der Waals surface area contributed by atoms with E-state index in [0.29, 0.717) is 12.8 Å². The van der Waals surface area contributed by atoms with Crippen LogP contribution in [-0.4, -0.2) is 39.6 Å². The molecule has 2 amide bonds. The highest BCUT2D eigenvalue weighted by Gasteiger charge is 2.54. The smallest absolute Gasteiger partial charge is 0.408 e. The zero-order valence-corrected chi connectivity index (χ0v) is 16.9. The predicted molar refractivity (Wildman–Crippen MR) is 110 cm³/mol. The van der Waals surface area contributed by atoms with Gasteiger partial charge in [-0.15, -0.1) is 0 Å². The lowest BCUT2D eigenvalue weighted by molar-refractivity contribution is -0.152. The Balaban J connectivity index is 1.70. The van der Waals surface area contributed by atoms with Crippen molar-refractivity contribution in [1.82, 2.24) is 10.2 Å². The van der Waals surface area contributed by atoms with Crippen molar-refractivity contribution in [3.63, 3.8) is 0 Å². The molecule has 2 aromatic rings. The van der Waals surface area contributed by atoms with E-state index in [-0.39, 0.29) is 19.6 Å². The molecule has 1 aliphatic rings. The van der Waals surface area contributed by atoms with E-state index in [1.807, 2.05) is 60.7 Å². The van der Waals surface area contributed by atoms with Gasteiger partial charge in [-0.05, 0) is 30.4 Å². The van der Waals surface area contributed by atoms with Crippen LogP contribution in [0.5, 0.6) is 0 Å². The monoisotopic (exact) mass is 410 g/mol. The van der Waals surface area contributed by atoms with Crippen molar-refractivity contribution in [2.24, 2.45) is 0 Å². The number of carbonyl (C=O) groups excluding carboxylic acids is 2. The minimum Gasteiger partial charge on any atom is -0.480 e. The molecule has 1 saturated carbocycles. The predicted octanol–water partition coefficient (Wildman–Crippen LogP) is 3.34. The molecule has 1 aliphatic carbocycles. The zero-order chi connectivity index (χ0) is 21.6. The second-order valence-corrected chi connectivity index (χ2v) is 7.45. The van der Waals surface area contributed by atoms with Gasteiger partial charge >= 0.3 is 12.1 Å². The van der Waals surface area contributed by atoms with E-state index in [9.17, 15) is 19.5 Å². The first-order valence-electron chi connectivity index (χ1n) is 10.0. The third-order valence-electron chi connectivity index (χ3n) is 5.22. The molecule has 0 aromatic heterocycles. The molecule has 0 radical (unpaired) electrons. The third-order valence-corrected chi connectivity index (χ3v) is 5.22. The van der Waals surface area contributed by atoms with Crippen molar-refractivity contribution < 1.29 is 24.2 Å². The van der Waals surface area contributed by atoms with E-state index in [0.717, 1.165) is 11.1 Å². The van der Waals surface area contributed by atoms with Crippen molar-refractivity contribution >= 4 is 18.0 Å². The van der Waals surface area contributed by atoms with Crippen LogP contribution in [0.25, 0.3) is 0 Å². The highest BCUT2D eigenvalue weighted by Crippen LogP contribution is 2.38. The number of carbonyl (C=O) groups is 3. The summed E-state index contributed by atoms with van der Waals surface area (Å²) in [5, 5.41) is 12.3. The van der Waals surface area contributed by atoms with E-state index in [1.165, 1.54) is 4.90 Å². The summed E-state index contributed by atoms with van der Waals surface area (Å²) >= 11 is 0. The molecule has 0 heterocycles. The number of nitrogens with one attached hydrogen (secondary N) is 1. The summed E-state index contributed by atoms with van der Waals surface area (Å²) in [5.74, 6) is -1.46. The van der Waals surface area contributed by atoms with Crippen LogP contribution >= 0.6 is 0 Å². The van der Waals surface area contributed by atoms with Gasteiger partial charge < -0.3 is 20.1 Å². The van der Waals surface area contributed by atoms with Crippen LogP contribution in [0.4, 0.5) is 4.79 Å². The number of carboxylic acids is 1. The second-order valence-electron chi connectivity index (χ2n) is 7.45. The van der Waals surface area contributed by atoms with E-state index in [1.54, 1.807) is 6.92 Å². The van der Waals surface area contributed by atoms with Crippen LogP contribution in [0, 0.1) is 0 Å². The summed E-state index contributed by atoms with van der Waals surface area (Å²) in [6.45, 7) is 1.98. The van der Waals surface area contributed by atoms with E-state index >= 15 is 0 Å². The van der Waals surface area contributed by atoms with Crippen molar-refractivity contribution in [1.29, 1.82) is 0 Å². The molecule has 7 nitrogen and oxygen atoms in total. The number of amides is 2. The first-order chi connectivity index (χ1) is 14.4. The number of hydrogen-bond acceptors (Lipinski definition) is 4. The molecule has 30 heavy (non-hydrogen) atoms. The van der Waals surface area contributed by atoms with Crippen LogP contribution in [0.15, 0.2) is 60.7 Å². The molecule has 0 unspecified atom stereocenters. The summed E-state index contributed by atoms with van der Waals surface area (Å²) in [5.41, 5.74) is 0.560. The van der Waals surface area contributed by atoms with Gasteiger partial charge in [0.2, 0.25) is 5.91 Å². The number of benzene rings is 2. The first-order valence-corrected chi connectivity index (χ1v) is 10.0. The van der Waals surface area contributed by atoms with Gasteiger partial charge in [-0.1, -0.05) is 67.6 Å². The van der Waals surface area contributed by atoms with Crippen molar-refractivity contribution in [3.8, 4) is 0 Å². The third kappa shape index (κ3) is 5.17. The number of carboxylic acid groups (broad SMARTS) is 1. The molecule has 158 valence electrons. The van der Waals surface area contributed by atoms with Crippen LogP contribution in [0.1, 0.15) is 37.3 Å². The Morgan fingerprint density at radius 1 is 1.03 bits per heavy atom. The fraction of sp³-hybridized carbons (Fsp3) is 0.348. The summed E-state index contributed by atoms with van der Waals surface area (Å²) in [6.07, 6.45) is 0.483. The fourth-order valence-corrected chi connectivity index (χ4v) is 3.38. The van der Waals surface area contributed by atoms with Gasteiger partial charge in [0.15, 0.2) is 0 Å². The fourth-order valence-electron chi connectivity index (χ4n) is 3.38. The number of nitrogens with zero attached hydrogens (tertiary/aromatic N) is 1. The average molecular weight is 410 g/mol. The lowest BCUT2D eigenvalue weighted by Gasteiger charge is -2.32. The summed E-state index contributed by atoms with van der Waals surface area (Å²) in [6, 6.07) is 17.5. The minimum absolute atomic E-state index is 0.0946. The van der Waals surface area contributed by atoms with Gasteiger partial charge in [0.05, 0.1) is 0 Å². The van der Waals surface area contributed by atoms with Crippen molar-refractivity contribution in [3.05, 3.63) is 71.8 Å². The molecule has 0 spiro atoms. The maximum absolute atomic E-state index is 13.3. The van der Waals surface area contributed by atoms with Gasteiger partial charge in [0.1, 0.15) is 18.2 Å². The molecule has 3 rings (SSSR count). The largest absolute Gasteiger partial charge is 0.480 e. The maximum atomic E-state index is 13.3. The highest BCUT2D eigenvalue weighted by atomic mass is 16.5. The Labute approximate surface area is 175 Å². The van der Waals surface area contributed by atoms with Gasteiger partial charge in [-0.3, -0.25) is 4.79 Å². The highest BCUT2D eigenvalue weighted by molar-refractivity contribution is 5.95. The topological polar surface area (TPSA) is 95.9 Å². The standard InChI is InChI=1S/C23H26N2O5/c1-2-19(20(26)27)25(15-17-9-5-3-6-10-17)21(28)23(13-14-23)24-22(29)30-16-18-11-7-4-8-12-18/h3-12,19H,2,13-16H2,1H3,(H,24,29)(H,26,27)/t19-/m0/s1. The van der Waals surface area contributed by atoms with Crippen LogP contribution in [0.2, 0.25) is 0 Å². The SMILES string of the molecule is CC[C@@H](C(=O)O)N(Cc1ccccc1)C(=O)C1(NC(=O)OCc2ccccc2)CC1. The van der Waals surface area contributed by atoms with Crippen molar-refractivity contribution in [2.45, 2.75) is 50.9 Å². The molecular formula is C23H26N2O5. The number of ether oxygens (including phenoxy) is 1. The van der Waals surface area contributed by atoms with Gasteiger partial charge in [0, 0.05) is 6.54 Å². The Morgan fingerprint density at radius 2 is 1.60 bits per heavy atom. The van der Waals surface area contributed by atoms with Crippen LogP contribution < -0.4 is 5.32 Å². The van der Waals surface area contributed by atoms with Gasteiger partial charge in [-0.25, -0.2) is 9.59 Å². The molecule has 2 N–H and O–H groups in total. The summed E-state index contributed by atoms with van der Waals surface area (Å²) < 4.78 is 5.25. The Hall–Kier alpha value is -3.35.